The fourth-order valence-electron chi connectivity index (χ4n) is 6.97. The highest BCUT2D eigenvalue weighted by Gasteiger charge is 2.44. The molecule has 10 rings (SSSR count). The van der Waals surface area contributed by atoms with Gasteiger partial charge in [-0.3, -0.25) is 4.57 Å². The van der Waals surface area contributed by atoms with E-state index in [1.807, 2.05) is 12.1 Å². The van der Waals surface area contributed by atoms with Gasteiger partial charge in [0.2, 0.25) is 5.95 Å². The van der Waals surface area contributed by atoms with Crippen molar-refractivity contribution in [3.05, 3.63) is 218 Å². The van der Waals surface area contributed by atoms with E-state index in [-0.39, 0.29) is 17.3 Å². The molecule has 0 bridgehead atoms. The monoisotopic (exact) mass is 755 g/mol. The number of hydrogen-bond donors (Lipinski definition) is 0. The van der Waals surface area contributed by atoms with Gasteiger partial charge in [-0.2, -0.15) is 9.97 Å². The second-order valence-electron chi connectivity index (χ2n) is 12.3. The Morgan fingerprint density at radius 2 is 0.893 bits per heavy atom. The molecule has 0 spiro atoms. The molecule has 0 N–H and O–H groups in total. The van der Waals surface area contributed by atoms with E-state index in [4.69, 9.17) is 31.4 Å². The minimum absolute atomic E-state index is 0.200. The Balaban J connectivity index is 1.63. The first-order valence-electron chi connectivity index (χ1n) is 28.6. The summed E-state index contributed by atoms with van der Waals surface area (Å²) in [5, 5.41) is -2.85. The summed E-state index contributed by atoms with van der Waals surface area (Å²) >= 11 is 0. The summed E-state index contributed by atoms with van der Waals surface area (Å²) in [6.07, 6.45) is 0. The number of nitrogens with zero attached hydrogens (tertiary/aromatic N) is 4. The van der Waals surface area contributed by atoms with E-state index in [0.29, 0.717) is 21.8 Å². The van der Waals surface area contributed by atoms with Crippen molar-refractivity contribution >= 4 is 50.6 Å². The van der Waals surface area contributed by atoms with Crippen molar-refractivity contribution in [1.29, 1.82) is 0 Å². The summed E-state index contributed by atoms with van der Waals surface area (Å²) in [4.78, 5) is 14.9. The number of para-hydroxylation sites is 2. The molecule has 0 unspecified atom stereocenters. The van der Waals surface area contributed by atoms with Crippen LogP contribution in [-0.4, -0.2) is 27.6 Å². The van der Waals surface area contributed by atoms with Crippen LogP contribution >= 0.6 is 0 Å². The second-order valence-corrected chi connectivity index (χ2v) is 15.8. The van der Waals surface area contributed by atoms with Crippen LogP contribution in [0.5, 0.6) is 0 Å². The molecule has 0 aliphatic rings. The molecule has 8 aromatic carbocycles. The molecule has 0 radical (unpaired) electrons. The predicted octanol–water partition coefficient (Wildman–Crippen LogP) is 9.35. The number of benzene rings is 8. The molecule has 0 fully saturated rings. The van der Waals surface area contributed by atoms with E-state index < -0.39 is 190 Å². The molecule has 0 atom stereocenters. The Morgan fingerprint density at radius 1 is 0.411 bits per heavy atom. The first-order valence-corrected chi connectivity index (χ1v) is 19.1. The van der Waals surface area contributed by atoms with Gasteiger partial charge in [-0.05, 0) is 44.0 Å². The van der Waals surface area contributed by atoms with E-state index in [0.717, 1.165) is 0 Å². The van der Waals surface area contributed by atoms with Crippen LogP contribution in [-0.2, 0) is 0 Å². The Morgan fingerprint density at radius 3 is 1.45 bits per heavy atom. The second kappa shape index (κ2) is 14.2. The van der Waals surface area contributed by atoms with Gasteiger partial charge in [0, 0.05) is 21.9 Å². The van der Waals surface area contributed by atoms with E-state index in [9.17, 15) is 15.1 Å². The molecule has 2 heterocycles. The summed E-state index contributed by atoms with van der Waals surface area (Å²) in [5.41, 5.74) is -1.35. The van der Waals surface area contributed by atoms with E-state index in [1.54, 1.807) is 71.3 Å². The average Bonchev–Trinajstić information content (AvgIpc) is 3.17. The van der Waals surface area contributed by atoms with Gasteiger partial charge in [0.15, 0.2) is 19.7 Å². The first kappa shape index (κ1) is 17.1. The minimum Gasteiger partial charge on any atom is -0.278 e. The van der Waals surface area contributed by atoms with Crippen molar-refractivity contribution in [2.24, 2.45) is 0 Å². The standard InChI is InChI=1S/C51H36N4Si/c1-6-21-37(22-7-1)42-33-20-36-47(56(39-25-10-3-11-26-39,40-27-12-4-13-28-40)41-29-14-5-15-30-41)48(42)50-52-49(38-23-8-2-9-24-38)53-51(54-50)55-45-34-18-16-31-43(45)44-32-17-19-35-46(44)55/h1-36H/i1D,3D,4D,5D,6D,7D,10D,11D,12D,13D,14D,15D,20D,21D,22D,25D,26D,27D,28D,29D,30D,33D,36D. The molecular formula is C51H36N4Si. The maximum Gasteiger partial charge on any atom is 0.238 e. The summed E-state index contributed by atoms with van der Waals surface area (Å²) in [5.74, 6) is -1.17. The molecule has 5 heteroatoms. The molecule has 2 aromatic heterocycles. The van der Waals surface area contributed by atoms with Crippen LogP contribution in [0.3, 0.4) is 0 Å². The summed E-state index contributed by atoms with van der Waals surface area (Å²) in [6, 6.07) is -3.44. The molecule has 10 aromatic rings. The van der Waals surface area contributed by atoms with Crippen LogP contribution in [0.15, 0.2) is 218 Å². The van der Waals surface area contributed by atoms with Gasteiger partial charge in [0.25, 0.3) is 0 Å². The zero-order chi connectivity index (χ0) is 57.3. The van der Waals surface area contributed by atoms with Crippen molar-refractivity contribution in [1.82, 2.24) is 19.5 Å². The molecule has 4 nitrogen and oxygen atoms in total. The third kappa shape index (κ3) is 5.56. The molecule has 0 aliphatic carbocycles. The maximum absolute atomic E-state index is 10.3. The third-order valence-corrected chi connectivity index (χ3v) is 13.4. The molecule has 56 heavy (non-hydrogen) atoms. The summed E-state index contributed by atoms with van der Waals surface area (Å²) < 4.78 is 216. The van der Waals surface area contributed by atoms with Crippen molar-refractivity contribution < 1.29 is 31.5 Å². The van der Waals surface area contributed by atoms with Crippen LogP contribution in [0.1, 0.15) is 31.5 Å². The van der Waals surface area contributed by atoms with Crippen molar-refractivity contribution in [2.45, 2.75) is 0 Å². The Labute approximate surface area is 359 Å². The van der Waals surface area contributed by atoms with Gasteiger partial charge >= 0.3 is 0 Å². The van der Waals surface area contributed by atoms with Crippen LogP contribution in [0, 0.1) is 0 Å². The van der Waals surface area contributed by atoms with E-state index in [2.05, 4.69) is 0 Å². The quantitative estimate of drug-likeness (QED) is 0.115. The van der Waals surface area contributed by atoms with E-state index in [1.165, 1.54) is 0 Å². The zero-order valence-corrected chi connectivity index (χ0v) is 29.8. The highest BCUT2D eigenvalue weighted by atomic mass is 28.3. The predicted molar refractivity (Wildman–Crippen MR) is 234 cm³/mol. The molecule has 264 valence electrons. The minimum atomic E-state index is -6.50. The van der Waals surface area contributed by atoms with Crippen LogP contribution < -0.4 is 20.7 Å². The van der Waals surface area contributed by atoms with Gasteiger partial charge in [-0.15, -0.1) is 0 Å². The molecule has 0 saturated heterocycles. The van der Waals surface area contributed by atoms with Gasteiger partial charge in [-0.25, -0.2) is 4.98 Å². The Kier molecular flexibility index (Phi) is 4.33. The van der Waals surface area contributed by atoms with E-state index >= 15 is 0 Å². The van der Waals surface area contributed by atoms with Crippen LogP contribution in [0.2, 0.25) is 0 Å². The smallest absolute Gasteiger partial charge is 0.238 e. The fourth-order valence-corrected chi connectivity index (χ4v) is 10.8. The largest absolute Gasteiger partial charge is 0.278 e. The zero-order valence-electron chi connectivity index (χ0n) is 51.8. The Bertz CT molecular complexity index is 3990. The summed E-state index contributed by atoms with van der Waals surface area (Å²) in [6.45, 7) is 0. The van der Waals surface area contributed by atoms with Gasteiger partial charge in [0.05, 0.1) is 42.6 Å². The summed E-state index contributed by atoms with van der Waals surface area (Å²) in [7, 11) is -6.50. The van der Waals surface area contributed by atoms with Crippen LogP contribution in [0.4, 0.5) is 0 Å². The van der Waals surface area contributed by atoms with Gasteiger partial charge in [0.1, 0.15) is 0 Å². The molecule has 0 saturated carbocycles. The normalized spacial score (nSPS) is 17.3. The number of fused-ring (bicyclic) bond motifs is 3. The lowest BCUT2D eigenvalue weighted by Crippen LogP contribution is -2.75. The SMILES string of the molecule is [2H]c1c([2H])c([2H])c(-c2c([2H])c([2H])c([2H])c([Si](c3c([2H])c([2H])c([2H])c([2H])c3[2H])(c3c([2H])c([2H])c([2H])c([2H])c3[2H])c3c([2H])c([2H])c([2H])c([2H])c3[2H])c2-c2nc(-c3ccccc3)nc(-n3c4ccccc4c4ccccc43)n2)c([2H])c1[2H]. The third-order valence-electron chi connectivity index (χ3n) is 9.28. The highest BCUT2D eigenvalue weighted by molar-refractivity contribution is 7.20. The van der Waals surface area contributed by atoms with Crippen molar-refractivity contribution in [3.8, 4) is 39.9 Å². The number of aromatic nitrogens is 4. The maximum atomic E-state index is 10.3. The average molecular weight is 756 g/mol. The number of hydrogen-bond acceptors (Lipinski definition) is 3. The topological polar surface area (TPSA) is 43.6 Å². The lowest BCUT2D eigenvalue weighted by atomic mass is 9.99. The van der Waals surface area contributed by atoms with Gasteiger partial charge < -0.3 is 0 Å². The lowest BCUT2D eigenvalue weighted by molar-refractivity contribution is 0.954. The van der Waals surface area contributed by atoms with Crippen LogP contribution in [0.25, 0.3) is 61.7 Å². The van der Waals surface area contributed by atoms with Gasteiger partial charge in [-0.1, -0.05) is 206 Å². The molecular weight excluding hydrogens is 697 g/mol. The fraction of sp³-hybridized carbons (Fsp3) is 0. The first-order chi connectivity index (χ1) is 37.3. The highest BCUT2D eigenvalue weighted by Crippen LogP contribution is 2.35. The Hall–Kier alpha value is -7.21. The molecule has 0 aliphatic heterocycles. The number of rotatable bonds is 8. The van der Waals surface area contributed by atoms with Crippen molar-refractivity contribution in [3.63, 3.8) is 0 Å². The van der Waals surface area contributed by atoms with Crippen molar-refractivity contribution in [2.75, 3.05) is 0 Å². The molecule has 0 amide bonds. The lowest BCUT2D eigenvalue weighted by Gasteiger charge is -2.36.